The van der Waals surface area contributed by atoms with Crippen LogP contribution in [-0.2, 0) is 4.74 Å². The maximum atomic E-state index is 6.17. The van der Waals surface area contributed by atoms with Crippen molar-refractivity contribution in [3.8, 4) is 0 Å². The van der Waals surface area contributed by atoms with Crippen LogP contribution in [0.3, 0.4) is 0 Å². The van der Waals surface area contributed by atoms with E-state index in [0.717, 1.165) is 36.6 Å². The number of rotatable bonds is 7. The molecule has 1 aromatic rings. The average molecular weight is 256 g/mol. The van der Waals surface area contributed by atoms with Gasteiger partial charge >= 0.3 is 0 Å². The molecule has 0 aromatic heterocycles. The summed E-state index contributed by atoms with van der Waals surface area (Å²) in [6.07, 6.45) is 2.10. The van der Waals surface area contributed by atoms with Crippen LogP contribution in [0.5, 0.6) is 0 Å². The lowest BCUT2D eigenvalue weighted by Crippen LogP contribution is -2.23. The zero-order valence-electron chi connectivity index (χ0n) is 10.9. The highest BCUT2D eigenvalue weighted by atomic mass is 35.5. The Hall–Kier alpha value is -0.570. The summed E-state index contributed by atoms with van der Waals surface area (Å²) >= 11 is 6.17. The fourth-order valence-electron chi connectivity index (χ4n) is 1.77. The molecule has 2 nitrogen and oxygen atoms in total. The summed E-state index contributed by atoms with van der Waals surface area (Å²) < 4.78 is 5.15. The van der Waals surface area contributed by atoms with Crippen LogP contribution < -0.4 is 5.32 Å². The number of nitrogens with one attached hydrogen (secondary N) is 1. The fourth-order valence-corrected chi connectivity index (χ4v) is 1.96. The minimum Gasteiger partial charge on any atom is -0.385 e. The third-order valence-corrected chi connectivity index (χ3v) is 3.26. The van der Waals surface area contributed by atoms with Gasteiger partial charge in [-0.3, -0.25) is 0 Å². The molecule has 1 rings (SSSR count). The van der Waals surface area contributed by atoms with Gasteiger partial charge in [0.2, 0.25) is 0 Å². The Bertz CT molecular complexity index is 333. The number of hydrogen-bond acceptors (Lipinski definition) is 2. The average Bonchev–Trinajstić information content (AvgIpc) is 2.33. The first-order valence-electron chi connectivity index (χ1n) is 6.17. The first-order valence-corrected chi connectivity index (χ1v) is 6.55. The lowest BCUT2D eigenvalue weighted by Gasteiger charge is -2.19. The van der Waals surface area contributed by atoms with Crippen molar-refractivity contribution in [3.05, 3.63) is 34.3 Å². The van der Waals surface area contributed by atoms with E-state index in [1.54, 1.807) is 7.11 Å². The minimum absolute atomic E-state index is 0.327. The van der Waals surface area contributed by atoms with Crippen molar-refractivity contribution in [2.75, 3.05) is 20.3 Å². The number of benzene rings is 1. The van der Waals surface area contributed by atoms with E-state index in [2.05, 4.69) is 30.4 Å². The van der Waals surface area contributed by atoms with Gasteiger partial charge in [0.05, 0.1) is 0 Å². The molecule has 0 bridgehead atoms. The molecule has 0 saturated carbocycles. The number of hydrogen-bond donors (Lipinski definition) is 1. The summed E-state index contributed by atoms with van der Waals surface area (Å²) in [6.45, 7) is 5.96. The second kappa shape index (κ2) is 7.70. The van der Waals surface area contributed by atoms with Gasteiger partial charge in [-0.25, -0.2) is 0 Å². The molecule has 1 atom stereocenters. The molecule has 1 aromatic carbocycles. The Morgan fingerprint density at radius 2 is 2.18 bits per heavy atom. The molecule has 96 valence electrons. The summed E-state index contributed by atoms with van der Waals surface area (Å²) in [6, 6.07) is 6.60. The molecule has 0 radical (unpaired) electrons. The quantitative estimate of drug-likeness (QED) is 0.802. The third kappa shape index (κ3) is 4.66. The van der Waals surface area contributed by atoms with E-state index in [4.69, 9.17) is 16.3 Å². The Morgan fingerprint density at radius 1 is 1.41 bits per heavy atom. The van der Waals surface area contributed by atoms with Crippen molar-refractivity contribution in [1.82, 2.24) is 5.32 Å². The van der Waals surface area contributed by atoms with Crippen LogP contribution >= 0.6 is 11.6 Å². The summed E-state index contributed by atoms with van der Waals surface area (Å²) in [7, 11) is 1.74. The molecular formula is C14H22ClNO. The molecule has 1 unspecified atom stereocenters. The van der Waals surface area contributed by atoms with Gasteiger partial charge in [-0.2, -0.15) is 0 Å². The van der Waals surface area contributed by atoms with Crippen molar-refractivity contribution in [3.63, 3.8) is 0 Å². The third-order valence-electron chi connectivity index (χ3n) is 2.85. The van der Waals surface area contributed by atoms with Crippen LogP contribution in [0.15, 0.2) is 18.2 Å². The normalized spacial score (nSPS) is 12.7. The highest BCUT2D eigenvalue weighted by Gasteiger charge is 2.11. The fraction of sp³-hybridized carbons (Fsp3) is 0.571. The summed E-state index contributed by atoms with van der Waals surface area (Å²) in [5, 5.41) is 4.36. The summed E-state index contributed by atoms with van der Waals surface area (Å²) in [4.78, 5) is 0. The standard InChI is InChI=1S/C14H22ClNO/c1-4-8-16-14(7-9-17-3)12-6-5-11(2)13(15)10-12/h5-6,10,14,16H,4,7-9H2,1-3H3. The SMILES string of the molecule is CCCNC(CCOC)c1ccc(C)c(Cl)c1. The van der Waals surface area contributed by atoms with Gasteiger partial charge in [-0.1, -0.05) is 30.7 Å². The minimum atomic E-state index is 0.327. The van der Waals surface area contributed by atoms with Gasteiger partial charge in [0.25, 0.3) is 0 Å². The summed E-state index contributed by atoms with van der Waals surface area (Å²) in [5.41, 5.74) is 2.36. The van der Waals surface area contributed by atoms with Crippen LogP contribution in [0.25, 0.3) is 0 Å². The second-order valence-corrected chi connectivity index (χ2v) is 4.70. The molecule has 0 saturated heterocycles. The molecule has 0 fully saturated rings. The lowest BCUT2D eigenvalue weighted by atomic mass is 10.0. The molecular weight excluding hydrogens is 234 g/mol. The maximum absolute atomic E-state index is 6.17. The topological polar surface area (TPSA) is 21.3 Å². The number of aryl methyl sites for hydroxylation is 1. The molecule has 17 heavy (non-hydrogen) atoms. The van der Waals surface area contributed by atoms with Crippen molar-refractivity contribution in [1.29, 1.82) is 0 Å². The van der Waals surface area contributed by atoms with Crippen LogP contribution in [0.1, 0.15) is 36.9 Å². The Labute approximate surface area is 109 Å². The zero-order valence-corrected chi connectivity index (χ0v) is 11.7. The molecule has 0 aliphatic heterocycles. The highest BCUT2D eigenvalue weighted by Crippen LogP contribution is 2.23. The van der Waals surface area contributed by atoms with Crippen LogP contribution in [0, 0.1) is 6.92 Å². The van der Waals surface area contributed by atoms with Gasteiger partial charge in [0.1, 0.15) is 0 Å². The van der Waals surface area contributed by atoms with Gasteiger partial charge in [0, 0.05) is 24.8 Å². The first kappa shape index (κ1) is 14.5. The van der Waals surface area contributed by atoms with Gasteiger partial charge in [-0.15, -0.1) is 0 Å². The first-order chi connectivity index (χ1) is 8.19. The van der Waals surface area contributed by atoms with Crippen LogP contribution in [-0.4, -0.2) is 20.3 Å². The Kier molecular flexibility index (Phi) is 6.56. The second-order valence-electron chi connectivity index (χ2n) is 4.30. The van der Waals surface area contributed by atoms with E-state index >= 15 is 0 Å². The molecule has 0 amide bonds. The van der Waals surface area contributed by atoms with Crippen LogP contribution in [0.4, 0.5) is 0 Å². The van der Waals surface area contributed by atoms with E-state index in [9.17, 15) is 0 Å². The predicted octanol–water partition coefficient (Wildman–Crippen LogP) is 3.73. The van der Waals surface area contributed by atoms with E-state index in [-0.39, 0.29) is 0 Å². The molecule has 0 heterocycles. The van der Waals surface area contributed by atoms with Crippen molar-refractivity contribution >= 4 is 11.6 Å². The molecule has 0 aliphatic rings. The van der Waals surface area contributed by atoms with Gasteiger partial charge in [-0.05, 0) is 43.5 Å². The highest BCUT2D eigenvalue weighted by molar-refractivity contribution is 6.31. The number of methoxy groups -OCH3 is 1. The smallest absolute Gasteiger partial charge is 0.0480 e. The van der Waals surface area contributed by atoms with Crippen molar-refractivity contribution in [2.24, 2.45) is 0 Å². The Balaban J connectivity index is 2.75. The molecule has 0 spiro atoms. The molecule has 1 N–H and O–H groups in total. The van der Waals surface area contributed by atoms with Crippen LogP contribution in [0.2, 0.25) is 5.02 Å². The van der Waals surface area contributed by atoms with E-state index in [1.807, 2.05) is 6.92 Å². The lowest BCUT2D eigenvalue weighted by molar-refractivity contribution is 0.183. The monoisotopic (exact) mass is 255 g/mol. The van der Waals surface area contributed by atoms with Gasteiger partial charge in [0.15, 0.2) is 0 Å². The Morgan fingerprint density at radius 3 is 2.76 bits per heavy atom. The number of ether oxygens (including phenoxy) is 1. The predicted molar refractivity (Wildman–Crippen MR) is 73.7 cm³/mol. The van der Waals surface area contributed by atoms with Crippen molar-refractivity contribution < 1.29 is 4.74 Å². The van der Waals surface area contributed by atoms with E-state index in [0.29, 0.717) is 6.04 Å². The molecule has 3 heteroatoms. The molecule has 0 aliphatic carbocycles. The summed E-state index contributed by atoms with van der Waals surface area (Å²) in [5.74, 6) is 0. The van der Waals surface area contributed by atoms with E-state index < -0.39 is 0 Å². The van der Waals surface area contributed by atoms with E-state index in [1.165, 1.54) is 5.56 Å². The maximum Gasteiger partial charge on any atom is 0.0480 e. The number of halogens is 1. The zero-order chi connectivity index (χ0) is 12.7. The largest absolute Gasteiger partial charge is 0.385 e. The van der Waals surface area contributed by atoms with Crippen molar-refractivity contribution in [2.45, 2.75) is 32.7 Å². The van der Waals surface area contributed by atoms with Gasteiger partial charge < -0.3 is 10.1 Å².